The SMILES string of the molecule is C[C@]12CC[C@](O)(CN(CC3CCCCC3)C(=O)C3CC3)CC1CCC1C2CC[C@]2(C)C(=O)CCC12. The lowest BCUT2D eigenvalue weighted by Gasteiger charge is -2.61. The van der Waals surface area contributed by atoms with E-state index in [1.54, 1.807) is 0 Å². The van der Waals surface area contributed by atoms with E-state index in [9.17, 15) is 14.7 Å². The Hall–Kier alpha value is -0.900. The molecular formula is C31H49NO3. The van der Waals surface area contributed by atoms with Crippen LogP contribution < -0.4 is 0 Å². The molecule has 0 radical (unpaired) electrons. The van der Waals surface area contributed by atoms with Gasteiger partial charge in [0.25, 0.3) is 0 Å². The number of aliphatic hydroxyl groups is 1. The van der Waals surface area contributed by atoms with Gasteiger partial charge in [0.1, 0.15) is 5.78 Å². The third-order valence-corrected chi connectivity index (χ3v) is 12.5. The van der Waals surface area contributed by atoms with Crippen molar-refractivity contribution in [2.45, 2.75) is 122 Å². The third-order valence-electron chi connectivity index (χ3n) is 12.5. The molecule has 0 aromatic carbocycles. The molecule has 0 bridgehead atoms. The highest BCUT2D eigenvalue weighted by Gasteiger charge is 2.61. The maximum absolute atomic E-state index is 13.3. The minimum atomic E-state index is -0.720. The van der Waals surface area contributed by atoms with E-state index in [0.29, 0.717) is 47.8 Å². The number of nitrogens with zero attached hydrogens (tertiary/aromatic N) is 1. The molecule has 196 valence electrons. The van der Waals surface area contributed by atoms with Crippen LogP contribution in [0.25, 0.3) is 0 Å². The van der Waals surface area contributed by atoms with E-state index in [2.05, 4.69) is 18.7 Å². The van der Waals surface area contributed by atoms with Gasteiger partial charge in [-0.1, -0.05) is 33.1 Å². The van der Waals surface area contributed by atoms with Gasteiger partial charge in [0.15, 0.2) is 0 Å². The smallest absolute Gasteiger partial charge is 0.225 e. The molecule has 7 atom stereocenters. The second-order valence-electron chi connectivity index (χ2n) is 14.5. The number of fused-ring (bicyclic) bond motifs is 5. The van der Waals surface area contributed by atoms with Gasteiger partial charge in [0, 0.05) is 30.8 Å². The molecule has 1 amide bonds. The van der Waals surface area contributed by atoms with Gasteiger partial charge in [-0.2, -0.15) is 0 Å². The Kier molecular flexibility index (Phi) is 6.18. The predicted molar refractivity (Wildman–Crippen MR) is 138 cm³/mol. The molecule has 0 aromatic heterocycles. The fourth-order valence-electron chi connectivity index (χ4n) is 10.1. The van der Waals surface area contributed by atoms with Gasteiger partial charge in [-0.3, -0.25) is 9.59 Å². The van der Waals surface area contributed by atoms with E-state index in [0.717, 1.165) is 57.9 Å². The second-order valence-corrected chi connectivity index (χ2v) is 14.5. The molecule has 0 saturated heterocycles. The van der Waals surface area contributed by atoms with Gasteiger partial charge in [-0.05, 0) is 112 Å². The van der Waals surface area contributed by atoms with Gasteiger partial charge in [0.2, 0.25) is 5.91 Å². The summed E-state index contributed by atoms with van der Waals surface area (Å²) in [5.41, 5.74) is -0.484. The molecule has 4 heteroatoms. The van der Waals surface area contributed by atoms with E-state index in [1.807, 2.05) is 0 Å². The first-order chi connectivity index (χ1) is 16.7. The Balaban J connectivity index is 1.16. The number of ketones is 1. The van der Waals surface area contributed by atoms with Crippen molar-refractivity contribution in [1.29, 1.82) is 0 Å². The molecule has 0 heterocycles. The molecule has 0 spiro atoms. The Morgan fingerprint density at radius 3 is 2.43 bits per heavy atom. The van der Waals surface area contributed by atoms with Crippen LogP contribution in [0.15, 0.2) is 0 Å². The predicted octanol–water partition coefficient (Wildman–Crippen LogP) is 6.15. The molecule has 1 N–H and O–H groups in total. The largest absolute Gasteiger partial charge is 0.388 e. The van der Waals surface area contributed by atoms with Crippen molar-refractivity contribution in [1.82, 2.24) is 4.90 Å². The first kappa shape index (κ1) is 24.4. The summed E-state index contributed by atoms with van der Waals surface area (Å²) >= 11 is 0. The Bertz CT molecular complexity index is 846. The van der Waals surface area contributed by atoms with Crippen LogP contribution in [-0.2, 0) is 9.59 Å². The normalized spacial score (nSPS) is 46.0. The number of Topliss-reactive ketones (excluding diaryl/α,β-unsaturated/α-hetero) is 1. The van der Waals surface area contributed by atoms with Crippen LogP contribution in [0.2, 0.25) is 0 Å². The summed E-state index contributed by atoms with van der Waals surface area (Å²) in [6.45, 7) is 6.24. The van der Waals surface area contributed by atoms with Crippen LogP contribution in [0.5, 0.6) is 0 Å². The van der Waals surface area contributed by atoms with Crippen LogP contribution in [0.4, 0.5) is 0 Å². The van der Waals surface area contributed by atoms with Crippen molar-refractivity contribution in [2.75, 3.05) is 13.1 Å². The second kappa shape index (κ2) is 8.84. The number of carbonyl (C=O) groups is 2. The summed E-state index contributed by atoms with van der Waals surface area (Å²) in [4.78, 5) is 28.1. The Morgan fingerprint density at radius 1 is 0.914 bits per heavy atom. The number of carbonyl (C=O) groups excluding carboxylic acids is 2. The summed E-state index contributed by atoms with van der Waals surface area (Å²) in [6, 6.07) is 0. The first-order valence-corrected chi connectivity index (χ1v) is 15.3. The van der Waals surface area contributed by atoms with E-state index < -0.39 is 5.60 Å². The molecule has 0 aromatic rings. The molecule has 6 saturated carbocycles. The summed E-state index contributed by atoms with van der Waals surface area (Å²) in [6.07, 6.45) is 17.9. The fourth-order valence-corrected chi connectivity index (χ4v) is 10.1. The zero-order valence-corrected chi connectivity index (χ0v) is 22.4. The molecular weight excluding hydrogens is 434 g/mol. The van der Waals surface area contributed by atoms with Crippen molar-refractivity contribution >= 4 is 11.7 Å². The van der Waals surface area contributed by atoms with Crippen molar-refractivity contribution in [3.8, 4) is 0 Å². The van der Waals surface area contributed by atoms with E-state index in [1.165, 1.54) is 51.4 Å². The highest BCUT2D eigenvalue weighted by atomic mass is 16.3. The Morgan fingerprint density at radius 2 is 1.69 bits per heavy atom. The minimum Gasteiger partial charge on any atom is -0.388 e. The number of hydrogen-bond donors (Lipinski definition) is 1. The summed E-state index contributed by atoms with van der Waals surface area (Å²) in [7, 11) is 0. The van der Waals surface area contributed by atoms with E-state index >= 15 is 0 Å². The summed E-state index contributed by atoms with van der Waals surface area (Å²) in [5.74, 6) is 4.28. The van der Waals surface area contributed by atoms with E-state index in [-0.39, 0.29) is 16.7 Å². The molecule has 6 fully saturated rings. The van der Waals surface area contributed by atoms with Gasteiger partial charge in [-0.25, -0.2) is 0 Å². The van der Waals surface area contributed by atoms with Gasteiger partial charge >= 0.3 is 0 Å². The zero-order valence-electron chi connectivity index (χ0n) is 22.4. The lowest BCUT2D eigenvalue weighted by molar-refractivity contribution is -0.162. The lowest BCUT2D eigenvalue weighted by atomic mass is 9.44. The van der Waals surface area contributed by atoms with Crippen molar-refractivity contribution in [3.63, 3.8) is 0 Å². The van der Waals surface area contributed by atoms with Crippen LogP contribution in [-0.4, -0.2) is 40.4 Å². The topological polar surface area (TPSA) is 57.6 Å². The van der Waals surface area contributed by atoms with E-state index in [4.69, 9.17) is 0 Å². The maximum atomic E-state index is 13.3. The van der Waals surface area contributed by atoms with Crippen LogP contribution in [0.1, 0.15) is 117 Å². The minimum absolute atomic E-state index is 0.0530. The lowest BCUT2D eigenvalue weighted by Crippen LogP contribution is -2.58. The van der Waals surface area contributed by atoms with Crippen molar-refractivity contribution in [2.24, 2.45) is 46.3 Å². The highest BCUT2D eigenvalue weighted by Crippen LogP contribution is 2.66. The maximum Gasteiger partial charge on any atom is 0.225 e. The number of hydrogen-bond acceptors (Lipinski definition) is 3. The van der Waals surface area contributed by atoms with Crippen LogP contribution in [0, 0.1) is 46.3 Å². The van der Waals surface area contributed by atoms with Gasteiger partial charge in [0.05, 0.1) is 5.60 Å². The average Bonchev–Trinajstić information content (AvgIpc) is 3.64. The van der Waals surface area contributed by atoms with Crippen molar-refractivity contribution < 1.29 is 14.7 Å². The number of amides is 1. The van der Waals surface area contributed by atoms with Crippen LogP contribution >= 0.6 is 0 Å². The summed E-state index contributed by atoms with van der Waals surface area (Å²) < 4.78 is 0. The Labute approximate surface area is 213 Å². The monoisotopic (exact) mass is 483 g/mol. The molecule has 6 aliphatic carbocycles. The molecule has 35 heavy (non-hydrogen) atoms. The molecule has 6 rings (SSSR count). The average molecular weight is 484 g/mol. The molecule has 4 nitrogen and oxygen atoms in total. The zero-order chi connectivity index (χ0) is 24.4. The highest BCUT2D eigenvalue weighted by molar-refractivity contribution is 5.87. The molecule has 4 unspecified atom stereocenters. The van der Waals surface area contributed by atoms with Crippen molar-refractivity contribution in [3.05, 3.63) is 0 Å². The fraction of sp³-hybridized carbons (Fsp3) is 0.935. The number of rotatable bonds is 5. The standard InChI is InChI=1S/C31H49NO3/c1-29-16-17-31(35,20-32(28(34)22-8-9-22)19-21-6-4-3-5-7-21)18-23(29)10-11-24-25-12-13-27(33)30(25,2)15-14-26(24)29/h21-26,35H,3-20H2,1-2H3/t23?,24?,25?,26?,29-,30-,31+/m0/s1. The quantitative estimate of drug-likeness (QED) is 0.510. The van der Waals surface area contributed by atoms with Crippen LogP contribution in [0.3, 0.4) is 0 Å². The van der Waals surface area contributed by atoms with Gasteiger partial charge in [-0.15, -0.1) is 0 Å². The molecule has 6 aliphatic rings. The third kappa shape index (κ3) is 4.22. The first-order valence-electron chi connectivity index (χ1n) is 15.3. The molecule has 0 aliphatic heterocycles. The summed E-state index contributed by atoms with van der Waals surface area (Å²) in [5, 5.41) is 12.0. The van der Waals surface area contributed by atoms with Gasteiger partial charge < -0.3 is 10.0 Å².